The van der Waals surface area contributed by atoms with E-state index in [0.29, 0.717) is 64.2 Å². The highest BCUT2D eigenvalue weighted by molar-refractivity contribution is 6.04. The summed E-state index contributed by atoms with van der Waals surface area (Å²) in [5.41, 5.74) is 6.72. The number of rotatable bonds is 8. The molecule has 1 saturated carbocycles. The molecule has 0 amide bonds. The minimum atomic E-state index is -0.594. The van der Waals surface area contributed by atoms with Gasteiger partial charge in [-0.25, -0.2) is 8.78 Å². The first-order valence-corrected chi connectivity index (χ1v) is 17.8. The molecular weight excluding hydrogens is 622 g/mol. The van der Waals surface area contributed by atoms with Gasteiger partial charge in [0.25, 0.3) is 0 Å². The monoisotopic (exact) mass is 664 g/mol. The lowest BCUT2D eigenvalue weighted by atomic mass is 9.89. The second-order valence-corrected chi connectivity index (χ2v) is 15.3. The number of fused-ring (bicyclic) bond motifs is 6. The zero-order valence-corrected chi connectivity index (χ0v) is 27.6. The highest BCUT2D eigenvalue weighted by Gasteiger charge is 2.50. The fraction of sp³-hybridized carbons (Fsp3) is 0.487. The molecule has 4 saturated heterocycles. The number of nitrogens with zero attached hydrogens (tertiary/aromatic N) is 4. The summed E-state index contributed by atoms with van der Waals surface area (Å²) in [4.78, 5) is 14.6. The predicted molar refractivity (Wildman–Crippen MR) is 187 cm³/mol. The zero-order valence-electron chi connectivity index (χ0n) is 27.6. The number of hydrogen-bond donors (Lipinski definition) is 3. The van der Waals surface area contributed by atoms with Crippen molar-refractivity contribution in [3.8, 4) is 35.2 Å². The van der Waals surface area contributed by atoms with E-state index in [9.17, 15) is 9.50 Å². The van der Waals surface area contributed by atoms with Crippen molar-refractivity contribution >= 4 is 27.5 Å². The fourth-order valence-corrected chi connectivity index (χ4v) is 9.35. The Morgan fingerprint density at radius 3 is 2.45 bits per heavy atom. The number of aromatic nitrogens is 2. The van der Waals surface area contributed by atoms with Crippen LogP contribution < -0.4 is 20.7 Å². The number of piperazine rings is 1. The van der Waals surface area contributed by atoms with Gasteiger partial charge in [-0.05, 0) is 99.0 Å². The Morgan fingerprint density at radius 2 is 1.76 bits per heavy atom. The maximum absolute atomic E-state index is 17.0. The molecule has 254 valence electrons. The Kier molecular flexibility index (Phi) is 7.45. The van der Waals surface area contributed by atoms with Crippen LogP contribution in [0.3, 0.4) is 0 Å². The molecule has 5 heterocycles. The summed E-state index contributed by atoms with van der Waals surface area (Å²) in [7, 11) is 0. The second kappa shape index (κ2) is 11.8. The summed E-state index contributed by atoms with van der Waals surface area (Å²) in [6, 6.07) is 11.3. The Hall–Kier alpha value is -4.04. The maximum Gasteiger partial charge on any atom is 0.319 e. The average Bonchev–Trinajstić information content (AvgIpc) is 3.74. The lowest BCUT2D eigenvalue weighted by Gasteiger charge is -2.40. The van der Waals surface area contributed by atoms with Crippen LogP contribution in [0.15, 0.2) is 36.4 Å². The first kappa shape index (κ1) is 31.0. The minimum Gasteiger partial charge on any atom is -0.508 e. The van der Waals surface area contributed by atoms with E-state index in [4.69, 9.17) is 26.9 Å². The van der Waals surface area contributed by atoms with E-state index in [1.807, 2.05) is 6.07 Å². The van der Waals surface area contributed by atoms with Crippen molar-refractivity contribution in [3.05, 3.63) is 53.6 Å². The maximum atomic E-state index is 17.0. The van der Waals surface area contributed by atoms with Crippen LogP contribution >= 0.6 is 0 Å². The molecule has 4 N–H and O–H groups in total. The van der Waals surface area contributed by atoms with E-state index < -0.39 is 11.6 Å². The molecule has 1 aromatic heterocycles. The van der Waals surface area contributed by atoms with Gasteiger partial charge in [0.2, 0.25) is 0 Å². The number of nitrogens with two attached hydrogens (primary N) is 1. The zero-order chi connectivity index (χ0) is 33.4. The molecule has 9 rings (SSSR count). The van der Waals surface area contributed by atoms with Crippen molar-refractivity contribution in [2.75, 3.05) is 37.7 Å². The number of anilines is 1. The van der Waals surface area contributed by atoms with Gasteiger partial charge in [0.15, 0.2) is 5.82 Å². The molecule has 1 aliphatic carbocycles. The number of nitrogens with one attached hydrogen (secondary N) is 1. The topological polar surface area (TPSA) is 99.8 Å². The average molecular weight is 665 g/mol. The van der Waals surface area contributed by atoms with Crippen molar-refractivity contribution in [2.24, 2.45) is 17.1 Å². The van der Waals surface area contributed by atoms with Crippen molar-refractivity contribution in [1.29, 1.82) is 0 Å². The third-order valence-corrected chi connectivity index (χ3v) is 12.1. The normalized spacial score (nSPS) is 27.1. The quantitative estimate of drug-likeness (QED) is 0.206. The lowest BCUT2D eigenvalue weighted by molar-refractivity contribution is 0.0671. The van der Waals surface area contributed by atoms with Crippen LogP contribution in [0, 0.1) is 35.3 Å². The predicted octanol–water partition coefficient (Wildman–Crippen LogP) is 5.72. The van der Waals surface area contributed by atoms with Gasteiger partial charge >= 0.3 is 6.01 Å². The van der Waals surface area contributed by atoms with Crippen molar-refractivity contribution in [2.45, 2.75) is 75.5 Å². The van der Waals surface area contributed by atoms with Gasteiger partial charge in [0.1, 0.15) is 22.9 Å². The summed E-state index contributed by atoms with van der Waals surface area (Å²) in [6.07, 6.45) is 14.9. The largest absolute Gasteiger partial charge is 0.508 e. The fourth-order valence-electron chi connectivity index (χ4n) is 9.35. The first-order chi connectivity index (χ1) is 23.8. The molecule has 4 aromatic rings. The van der Waals surface area contributed by atoms with Crippen molar-refractivity contribution in [1.82, 2.24) is 20.2 Å². The summed E-state index contributed by atoms with van der Waals surface area (Å²) < 4.78 is 38.3. The number of ether oxygens (including phenoxy) is 1. The summed E-state index contributed by atoms with van der Waals surface area (Å²) in [6.45, 7) is 3.77. The van der Waals surface area contributed by atoms with E-state index in [1.165, 1.54) is 49.9 Å². The van der Waals surface area contributed by atoms with Gasteiger partial charge in [-0.3, -0.25) is 4.90 Å². The van der Waals surface area contributed by atoms with E-state index >= 15 is 4.39 Å². The van der Waals surface area contributed by atoms with E-state index in [1.54, 1.807) is 6.07 Å². The number of phenols is 1. The Bertz CT molecular complexity index is 1980. The second-order valence-electron chi connectivity index (χ2n) is 15.3. The van der Waals surface area contributed by atoms with Gasteiger partial charge < -0.3 is 25.8 Å². The molecule has 5 fully saturated rings. The first-order valence-electron chi connectivity index (χ1n) is 17.8. The SMILES string of the molecule is C#Cc1c(F)ccc2cc(O)cc(-c3ccc4c(N5CC6CCC(C5)N6)nc(OCC5(CN6C7CCC6CC(CN)C7)CC5)nc4c3F)c12. The van der Waals surface area contributed by atoms with Gasteiger partial charge in [-0.1, -0.05) is 18.1 Å². The molecule has 49 heavy (non-hydrogen) atoms. The number of hydrogen-bond acceptors (Lipinski definition) is 8. The van der Waals surface area contributed by atoms with Gasteiger partial charge in [-0.2, -0.15) is 9.97 Å². The minimum absolute atomic E-state index is 0.0195. The van der Waals surface area contributed by atoms with Crippen LogP contribution in [0.4, 0.5) is 14.6 Å². The summed E-state index contributed by atoms with van der Waals surface area (Å²) in [5, 5.41) is 15.8. The smallest absolute Gasteiger partial charge is 0.319 e. The Morgan fingerprint density at radius 1 is 1.00 bits per heavy atom. The highest BCUT2D eigenvalue weighted by atomic mass is 19.1. The molecule has 0 radical (unpaired) electrons. The number of halogens is 2. The summed E-state index contributed by atoms with van der Waals surface area (Å²) in [5.74, 6) is 2.47. The van der Waals surface area contributed by atoms with Crippen LogP contribution in [-0.2, 0) is 0 Å². The van der Waals surface area contributed by atoms with Crippen LogP contribution in [0.1, 0.15) is 56.9 Å². The number of terminal acetylenes is 1. The third kappa shape index (κ3) is 5.38. The summed E-state index contributed by atoms with van der Waals surface area (Å²) >= 11 is 0. The number of aromatic hydroxyl groups is 1. The van der Waals surface area contributed by atoms with Crippen molar-refractivity contribution < 1.29 is 18.6 Å². The van der Waals surface area contributed by atoms with Crippen LogP contribution in [0.25, 0.3) is 32.8 Å². The van der Waals surface area contributed by atoms with E-state index in [2.05, 4.69) is 21.0 Å². The lowest BCUT2D eigenvalue weighted by Crippen LogP contribution is -2.51. The molecule has 8 nitrogen and oxygen atoms in total. The number of phenolic OH excluding ortho intramolecular Hbond substituents is 1. The van der Waals surface area contributed by atoms with E-state index in [0.717, 1.165) is 51.9 Å². The Balaban J connectivity index is 1.09. The van der Waals surface area contributed by atoms with Crippen LogP contribution in [0.2, 0.25) is 0 Å². The molecule has 5 aliphatic rings. The molecular formula is C39H42F2N6O2. The molecule has 10 heteroatoms. The molecule has 3 aromatic carbocycles. The Labute approximate surface area is 285 Å². The van der Waals surface area contributed by atoms with Crippen LogP contribution in [0.5, 0.6) is 11.8 Å². The molecule has 4 unspecified atom stereocenters. The van der Waals surface area contributed by atoms with Crippen molar-refractivity contribution in [3.63, 3.8) is 0 Å². The van der Waals surface area contributed by atoms with Gasteiger partial charge in [0, 0.05) is 65.6 Å². The molecule has 4 aliphatic heterocycles. The highest BCUT2D eigenvalue weighted by Crippen LogP contribution is 2.50. The molecule has 0 spiro atoms. The molecule has 4 atom stereocenters. The van der Waals surface area contributed by atoms with Crippen LogP contribution in [-0.4, -0.2) is 76.9 Å². The van der Waals surface area contributed by atoms with E-state index in [-0.39, 0.29) is 33.8 Å². The van der Waals surface area contributed by atoms with Gasteiger partial charge in [-0.15, -0.1) is 6.42 Å². The van der Waals surface area contributed by atoms with Gasteiger partial charge in [0.05, 0.1) is 12.2 Å². The third-order valence-electron chi connectivity index (χ3n) is 12.1. The standard InChI is InChI=1S/C39H42F2N6O2/c1-2-29-33(40)10-3-23-15-28(48)16-32(34(23)29)30-8-9-31-36(35(30)41)44-38(45-37(31)46-18-24-4-5-25(19-46)43-24)49-21-39(11-12-39)20-47-26-6-7-27(47)14-22(13-26)17-42/h1,3,8-10,15-16,22,24-27,43,48H,4-7,11-14,17-21,42H2. The number of piperidine rings is 1. The number of benzene rings is 3. The molecule has 4 bridgehead atoms.